The van der Waals surface area contributed by atoms with Gasteiger partial charge in [0, 0.05) is 18.6 Å². The fraction of sp³-hybridized carbons (Fsp3) is 0.600. The highest BCUT2D eigenvalue weighted by molar-refractivity contribution is 5.25. The fourth-order valence-electron chi connectivity index (χ4n) is 2.75. The van der Waals surface area contributed by atoms with E-state index < -0.39 is 23.3 Å². The lowest BCUT2D eigenvalue weighted by Gasteiger charge is -2.46. The van der Waals surface area contributed by atoms with Crippen molar-refractivity contribution in [2.45, 2.75) is 31.9 Å². The number of rotatable bonds is 4. The first-order valence-electron chi connectivity index (χ1n) is 6.95. The third-order valence-electron chi connectivity index (χ3n) is 4.31. The number of aliphatic hydroxyl groups is 1. The van der Waals surface area contributed by atoms with Crippen LogP contribution in [0, 0.1) is 11.6 Å². The standard InChI is InChI=1S/C15H21F2NO2/c1-3-15(2,18-7-9-20-10-8-18)14(19)13-11(16)5-4-6-12(13)17/h4-6,14,19H,3,7-10H2,1-2H3. The zero-order valence-electron chi connectivity index (χ0n) is 11.9. The van der Waals surface area contributed by atoms with Crippen LogP contribution < -0.4 is 0 Å². The van der Waals surface area contributed by atoms with Gasteiger partial charge in [0.2, 0.25) is 0 Å². The number of ether oxygens (including phenoxy) is 1. The lowest BCUT2D eigenvalue weighted by atomic mass is 9.84. The highest BCUT2D eigenvalue weighted by Gasteiger charge is 2.41. The molecule has 0 amide bonds. The van der Waals surface area contributed by atoms with E-state index in [2.05, 4.69) is 0 Å². The number of halogens is 2. The highest BCUT2D eigenvalue weighted by Crippen LogP contribution is 2.36. The van der Waals surface area contributed by atoms with E-state index in [0.29, 0.717) is 32.7 Å². The van der Waals surface area contributed by atoms with Crippen molar-refractivity contribution >= 4 is 0 Å². The third-order valence-corrected chi connectivity index (χ3v) is 4.31. The van der Waals surface area contributed by atoms with Crippen LogP contribution in [-0.4, -0.2) is 41.8 Å². The summed E-state index contributed by atoms with van der Waals surface area (Å²) in [5.41, 5.74) is -0.962. The van der Waals surface area contributed by atoms with Crippen LogP contribution in [0.1, 0.15) is 31.9 Å². The molecule has 0 saturated carbocycles. The molecule has 1 aliphatic rings. The smallest absolute Gasteiger partial charge is 0.132 e. The molecular formula is C15H21F2NO2. The maximum Gasteiger partial charge on any atom is 0.132 e. The maximum atomic E-state index is 13.9. The Morgan fingerprint density at radius 1 is 1.30 bits per heavy atom. The van der Waals surface area contributed by atoms with Crippen molar-refractivity contribution in [3.63, 3.8) is 0 Å². The number of hydrogen-bond acceptors (Lipinski definition) is 3. The maximum absolute atomic E-state index is 13.9. The Morgan fingerprint density at radius 3 is 2.35 bits per heavy atom. The Morgan fingerprint density at radius 2 is 1.85 bits per heavy atom. The predicted molar refractivity (Wildman–Crippen MR) is 72.4 cm³/mol. The summed E-state index contributed by atoms with van der Waals surface area (Å²) in [4.78, 5) is 2.05. The number of aliphatic hydroxyl groups excluding tert-OH is 1. The molecule has 0 spiro atoms. The molecule has 1 aromatic carbocycles. The van der Waals surface area contributed by atoms with Gasteiger partial charge >= 0.3 is 0 Å². The molecule has 2 atom stereocenters. The van der Waals surface area contributed by atoms with Crippen LogP contribution >= 0.6 is 0 Å². The van der Waals surface area contributed by atoms with Crippen LogP contribution in [-0.2, 0) is 4.74 Å². The fourth-order valence-corrected chi connectivity index (χ4v) is 2.75. The van der Waals surface area contributed by atoms with Gasteiger partial charge in [0.25, 0.3) is 0 Å². The SMILES string of the molecule is CCC(C)(C(O)c1c(F)cccc1F)N1CCOCC1. The van der Waals surface area contributed by atoms with Gasteiger partial charge in [-0.3, -0.25) is 4.90 Å². The molecule has 0 aliphatic carbocycles. The molecule has 1 saturated heterocycles. The lowest BCUT2D eigenvalue weighted by molar-refractivity contribution is -0.0752. The van der Waals surface area contributed by atoms with Crippen molar-refractivity contribution in [1.82, 2.24) is 4.90 Å². The van der Waals surface area contributed by atoms with Gasteiger partial charge in [0.05, 0.1) is 18.8 Å². The van der Waals surface area contributed by atoms with Gasteiger partial charge in [-0.05, 0) is 25.5 Å². The van der Waals surface area contributed by atoms with Gasteiger partial charge in [-0.1, -0.05) is 13.0 Å². The van der Waals surface area contributed by atoms with Crippen molar-refractivity contribution < 1.29 is 18.6 Å². The molecule has 2 rings (SSSR count). The Balaban J connectivity index is 2.34. The van der Waals surface area contributed by atoms with Crippen LogP contribution in [0.4, 0.5) is 8.78 Å². The molecule has 0 aromatic heterocycles. The molecule has 5 heteroatoms. The quantitative estimate of drug-likeness (QED) is 0.922. The molecular weight excluding hydrogens is 264 g/mol. The summed E-state index contributed by atoms with van der Waals surface area (Å²) in [6.45, 7) is 6.20. The molecule has 1 heterocycles. The van der Waals surface area contributed by atoms with E-state index in [1.54, 1.807) is 0 Å². The summed E-state index contributed by atoms with van der Waals surface area (Å²) in [5.74, 6) is -1.41. The minimum absolute atomic E-state index is 0.247. The van der Waals surface area contributed by atoms with Gasteiger partial charge in [0.1, 0.15) is 17.7 Å². The minimum Gasteiger partial charge on any atom is -0.386 e. The summed E-state index contributed by atoms with van der Waals surface area (Å²) in [6, 6.07) is 3.66. The summed E-state index contributed by atoms with van der Waals surface area (Å²) >= 11 is 0. The molecule has 1 fully saturated rings. The van der Waals surface area contributed by atoms with Crippen molar-refractivity contribution in [3.05, 3.63) is 35.4 Å². The largest absolute Gasteiger partial charge is 0.386 e. The summed E-state index contributed by atoms with van der Waals surface area (Å²) in [7, 11) is 0. The Kier molecular flexibility index (Phi) is 4.73. The van der Waals surface area contributed by atoms with E-state index in [4.69, 9.17) is 4.74 Å². The van der Waals surface area contributed by atoms with E-state index in [0.717, 1.165) is 0 Å². The molecule has 20 heavy (non-hydrogen) atoms. The Hall–Kier alpha value is -1.04. The van der Waals surface area contributed by atoms with Crippen molar-refractivity contribution in [2.24, 2.45) is 0 Å². The van der Waals surface area contributed by atoms with Gasteiger partial charge in [-0.2, -0.15) is 0 Å². The first-order chi connectivity index (χ1) is 9.50. The molecule has 1 N–H and O–H groups in total. The second-order valence-electron chi connectivity index (χ2n) is 5.35. The van der Waals surface area contributed by atoms with Gasteiger partial charge in [-0.25, -0.2) is 8.78 Å². The summed E-state index contributed by atoms with van der Waals surface area (Å²) in [5, 5.41) is 10.6. The number of benzene rings is 1. The van der Waals surface area contributed by atoms with Gasteiger partial charge < -0.3 is 9.84 Å². The van der Waals surface area contributed by atoms with Crippen LogP contribution in [0.2, 0.25) is 0 Å². The van der Waals surface area contributed by atoms with E-state index in [1.165, 1.54) is 18.2 Å². The van der Waals surface area contributed by atoms with Gasteiger partial charge in [0.15, 0.2) is 0 Å². The number of hydrogen-bond donors (Lipinski definition) is 1. The zero-order valence-corrected chi connectivity index (χ0v) is 11.9. The van der Waals surface area contributed by atoms with E-state index in [9.17, 15) is 13.9 Å². The Bertz CT molecular complexity index is 443. The van der Waals surface area contributed by atoms with Crippen LogP contribution in [0.5, 0.6) is 0 Å². The first-order valence-corrected chi connectivity index (χ1v) is 6.95. The van der Waals surface area contributed by atoms with Crippen molar-refractivity contribution in [1.29, 1.82) is 0 Å². The Labute approximate surface area is 118 Å². The average molecular weight is 285 g/mol. The van der Waals surface area contributed by atoms with E-state index >= 15 is 0 Å². The summed E-state index contributed by atoms with van der Waals surface area (Å²) < 4.78 is 33.1. The molecule has 2 unspecified atom stereocenters. The zero-order chi connectivity index (χ0) is 14.8. The minimum atomic E-state index is -1.22. The lowest BCUT2D eigenvalue weighted by Crippen LogP contribution is -2.55. The van der Waals surface area contributed by atoms with Crippen LogP contribution in [0.25, 0.3) is 0 Å². The van der Waals surface area contributed by atoms with Crippen molar-refractivity contribution in [2.75, 3.05) is 26.3 Å². The predicted octanol–water partition coefficient (Wildman–Crippen LogP) is 2.50. The van der Waals surface area contributed by atoms with Crippen LogP contribution in [0.15, 0.2) is 18.2 Å². The molecule has 1 aromatic rings. The first kappa shape index (κ1) is 15.4. The monoisotopic (exact) mass is 285 g/mol. The number of nitrogens with zero attached hydrogens (tertiary/aromatic N) is 1. The molecule has 0 bridgehead atoms. The molecule has 0 radical (unpaired) electrons. The van der Waals surface area contributed by atoms with E-state index in [1.807, 2.05) is 18.7 Å². The molecule has 3 nitrogen and oxygen atoms in total. The number of morpholine rings is 1. The van der Waals surface area contributed by atoms with Crippen molar-refractivity contribution in [3.8, 4) is 0 Å². The second kappa shape index (κ2) is 6.16. The topological polar surface area (TPSA) is 32.7 Å². The van der Waals surface area contributed by atoms with Crippen LogP contribution in [0.3, 0.4) is 0 Å². The summed E-state index contributed by atoms with van der Waals surface area (Å²) in [6.07, 6.45) is -0.631. The third kappa shape index (κ3) is 2.71. The average Bonchev–Trinajstić information content (AvgIpc) is 2.47. The molecule has 1 aliphatic heterocycles. The highest BCUT2D eigenvalue weighted by atomic mass is 19.1. The van der Waals surface area contributed by atoms with Gasteiger partial charge in [-0.15, -0.1) is 0 Å². The normalized spacial score (nSPS) is 21.4. The molecule has 112 valence electrons. The second-order valence-corrected chi connectivity index (χ2v) is 5.35. The van der Waals surface area contributed by atoms with E-state index in [-0.39, 0.29) is 5.56 Å².